The van der Waals surface area contributed by atoms with Crippen molar-refractivity contribution in [1.82, 2.24) is 19.6 Å². The number of likely N-dealkylation sites (N-methyl/N-ethyl adjacent to an activating group) is 1. The molecule has 0 N–H and O–H groups in total. The summed E-state index contributed by atoms with van der Waals surface area (Å²) in [5, 5.41) is 6.44. The summed E-state index contributed by atoms with van der Waals surface area (Å²) in [6.45, 7) is 10.4. The summed E-state index contributed by atoms with van der Waals surface area (Å²) in [5.41, 5.74) is 4.85. The molecule has 10 heteroatoms. The monoisotopic (exact) mass is 601 g/mol. The molecular weight excluding hydrogens is 570 g/mol. The van der Waals surface area contributed by atoms with E-state index in [1.54, 1.807) is 4.90 Å². The molecule has 0 aliphatic carbocycles. The second-order valence-corrected chi connectivity index (χ2v) is 11.6. The largest absolute Gasteiger partial charge is 0.356 e. The molecule has 0 bridgehead atoms. The number of nitrogens with zero attached hydrogens (tertiary/aromatic N) is 7. The lowest BCUT2D eigenvalue weighted by molar-refractivity contribution is -0.126. The molecule has 2 aromatic carbocycles. The van der Waals surface area contributed by atoms with Crippen molar-refractivity contribution < 1.29 is 9.59 Å². The van der Waals surface area contributed by atoms with Gasteiger partial charge in [-0.3, -0.25) is 19.6 Å². The molecule has 40 heavy (non-hydrogen) atoms. The minimum absolute atomic E-state index is 0.116. The molecule has 4 heterocycles. The summed E-state index contributed by atoms with van der Waals surface area (Å²) in [7, 11) is 2.00. The fraction of sp³-hybridized carbons (Fsp3) is 0.367. The standard InChI is InChI=1S/C30H32BrN7O2/c1-5-25(39)36-15-14-35(4)29-26-23(38(34-29)20-8-6-19(7-9-20)18(2)3)12-13-37(24(26)16-36)30(40)21-10-11-22(31)28-27(21)32-17-33-28/h5-11,18,24H,1,12-17H2,2-4H3. The third kappa shape index (κ3) is 4.34. The number of carbonyl (C=O) groups excluding carboxylic acids is 2. The van der Waals surface area contributed by atoms with E-state index in [1.165, 1.54) is 11.6 Å². The molecule has 0 saturated heterocycles. The predicted molar refractivity (Wildman–Crippen MR) is 157 cm³/mol. The highest BCUT2D eigenvalue weighted by Gasteiger charge is 2.40. The van der Waals surface area contributed by atoms with Crippen LogP contribution in [0, 0.1) is 0 Å². The molecule has 3 aliphatic rings. The molecule has 6 rings (SSSR count). The topological polar surface area (TPSA) is 86.4 Å². The third-order valence-electron chi connectivity index (χ3n) is 8.10. The van der Waals surface area contributed by atoms with Crippen molar-refractivity contribution >= 4 is 33.6 Å². The van der Waals surface area contributed by atoms with Gasteiger partial charge in [0.2, 0.25) is 5.91 Å². The Bertz CT molecular complexity index is 1640. The fourth-order valence-corrected chi connectivity index (χ4v) is 6.32. The van der Waals surface area contributed by atoms with Crippen molar-refractivity contribution in [1.29, 1.82) is 0 Å². The van der Waals surface area contributed by atoms with Gasteiger partial charge in [-0.2, -0.15) is 0 Å². The van der Waals surface area contributed by atoms with Crippen molar-refractivity contribution in [2.75, 3.05) is 44.8 Å². The molecule has 0 spiro atoms. The van der Waals surface area contributed by atoms with Crippen molar-refractivity contribution in [2.45, 2.75) is 32.2 Å². The first-order chi connectivity index (χ1) is 19.3. The van der Waals surface area contributed by atoms with Gasteiger partial charge in [-0.25, -0.2) is 4.68 Å². The summed E-state index contributed by atoms with van der Waals surface area (Å²) in [6, 6.07) is 11.8. The summed E-state index contributed by atoms with van der Waals surface area (Å²) in [5.74, 6) is 1.02. The first-order valence-electron chi connectivity index (χ1n) is 13.6. The van der Waals surface area contributed by atoms with E-state index in [0.29, 0.717) is 61.5 Å². The van der Waals surface area contributed by atoms with Crippen molar-refractivity contribution in [2.24, 2.45) is 9.98 Å². The number of anilines is 1. The molecule has 0 saturated carbocycles. The summed E-state index contributed by atoms with van der Waals surface area (Å²) < 4.78 is 2.85. The van der Waals surface area contributed by atoms with Crippen molar-refractivity contribution in [3.8, 4) is 5.69 Å². The van der Waals surface area contributed by atoms with Gasteiger partial charge in [0.05, 0.1) is 33.7 Å². The van der Waals surface area contributed by atoms with Crippen LogP contribution >= 0.6 is 15.9 Å². The van der Waals surface area contributed by atoms with Crippen LogP contribution in [0.4, 0.5) is 5.82 Å². The average Bonchev–Trinajstić information content (AvgIpc) is 3.60. The quantitative estimate of drug-likeness (QED) is 0.430. The number of halogens is 1. The van der Waals surface area contributed by atoms with E-state index in [-0.39, 0.29) is 17.9 Å². The lowest BCUT2D eigenvalue weighted by Gasteiger charge is -2.41. The molecule has 0 radical (unpaired) electrons. The van der Waals surface area contributed by atoms with Crippen LogP contribution in [-0.4, -0.2) is 71.3 Å². The molecule has 2 amide bonds. The molecule has 3 aromatic rings. The maximum Gasteiger partial charge on any atom is 0.256 e. The van der Waals surface area contributed by atoms with Crippen LogP contribution in [0.1, 0.15) is 53.0 Å². The second kappa shape index (κ2) is 10.3. The number of rotatable bonds is 4. The zero-order chi connectivity index (χ0) is 28.1. The molecule has 1 unspecified atom stereocenters. The zero-order valence-electron chi connectivity index (χ0n) is 23.0. The Balaban J connectivity index is 1.49. The zero-order valence-corrected chi connectivity index (χ0v) is 24.6. The Morgan fingerprint density at radius 3 is 2.52 bits per heavy atom. The van der Waals surface area contributed by atoms with Gasteiger partial charge >= 0.3 is 0 Å². The lowest BCUT2D eigenvalue weighted by atomic mass is 9.94. The highest BCUT2D eigenvalue weighted by Crippen LogP contribution is 2.40. The van der Waals surface area contributed by atoms with Crippen LogP contribution in [-0.2, 0) is 11.2 Å². The first kappa shape index (κ1) is 26.4. The SMILES string of the molecule is C=CC(=O)N1CCN(C)c2nn(-c3ccc(C(C)C)cc3)c3c2C(C1)N(C(=O)c1ccc(Br)c2c1=NCN=2)CC3. The van der Waals surface area contributed by atoms with E-state index < -0.39 is 0 Å². The summed E-state index contributed by atoms with van der Waals surface area (Å²) in [4.78, 5) is 41.9. The van der Waals surface area contributed by atoms with E-state index in [1.807, 2.05) is 28.8 Å². The Morgan fingerprint density at radius 2 is 1.80 bits per heavy atom. The normalized spacial score (nSPS) is 17.9. The highest BCUT2D eigenvalue weighted by molar-refractivity contribution is 9.10. The lowest BCUT2D eigenvalue weighted by Crippen LogP contribution is -2.50. The second-order valence-electron chi connectivity index (χ2n) is 10.8. The smallest absolute Gasteiger partial charge is 0.256 e. The Hall–Kier alpha value is -3.79. The molecular formula is C30H32BrN7O2. The van der Waals surface area contributed by atoms with Gasteiger partial charge in [0.1, 0.15) is 6.67 Å². The number of fused-ring (bicyclic) bond motifs is 1. The van der Waals surface area contributed by atoms with Gasteiger partial charge < -0.3 is 14.7 Å². The average molecular weight is 603 g/mol. The Morgan fingerprint density at radius 1 is 1.05 bits per heavy atom. The number of hydrogen-bond donors (Lipinski definition) is 0. The van der Waals surface area contributed by atoms with Gasteiger partial charge in [0.15, 0.2) is 5.82 Å². The van der Waals surface area contributed by atoms with E-state index in [9.17, 15) is 9.59 Å². The molecule has 1 aromatic heterocycles. The Labute approximate surface area is 241 Å². The minimum Gasteiger partial charge on any atom is -0.356 e. The van der Waals surface area contributed by atoms with Crippen LogP contribution in [0.2, 0.25) is 0 Å². The number of carbonyl (C=O) groups is 2. The van der Waals surface area contributed by atoms with E-state index in [0.717, 1.165) is 27.2 Å². The van der Waals surface area contributed by atoms with Gasteiger partial charge in [0, 0.05) is 49.7 Å². The van der Waals surface area contributed by atoms with Crippen molar-refractivity contribution in [3.63, 3.8) is 0 Å². The summed E-state index contributed by atoms with van der Waals surface area (Å²) in [6.07, 6.45) is 1.99. The maximum atomic E-state index is 14.2. The maximum absolute atomic E-state index is 14.2. The van der Waals surface area contributed by atoms with Gasteiger partial charge in [-0.05, 0) is 57.8 Å². The van der Waals surface area contributed by atoms with Crippen LogP contribution in [0.3, 0.4) is 0 Å². The van der Waals surface area contributed by atoms with Crippen LogP contribution in [0.25, 0.3) is 5.69 Å². The molecule has 0 fully saturated rings. The van der Waals surface area contributed by atoms with Gasteiger partial charge in [0.25, 0.3) is 5.91 Å². The number of hydrogen-bond acceptors (Lipinski definition) is 6. The highest BCUT2D eigenvalue weighted by atomic mass is 79.9. The molecule has 3 aliphatic heterocycles. The molecule has 206 valence electrons. The number of amides is 2. The Kier molecular flexibility index (Phi) is 6.82. The first-order valence-corrected chi connectivity index (χ1v) is 14.4. The predicted octanol–water partition coefficient (Wildman–Crippen LogP) is 3.17. The number of aromatic nitrogens is 2. The van der Waals surface area contributed by atoms with Crippen molar-refractivity contribution in [3.05, 3.63) is 86.6 Å². The van der Waals surface area contributed by atoms with Crippen LogP contribution < -0.4 is 15.6 Å². The van der Waals surface area contributed by atoms with Crippen LogP contribution in [0.5, 0.6) is 0 Å². The summed E-state index contributed by atoms with van der Waals surface area (Å²) >= 11 is 3.54. The molecule has 9 nitrogen and oxygen atoms in total. The third-order valence-corrected chi connectivity index (χ3v) is 8.74. The fourth-order valence-electron chi connectivity index (χ4n) is 5.88. The minimum atomic E-state index is -0.376. The van der Waals surface area contributed by atoms with E-state index in [2.05, 4.69) is 75.5 Å². The molecule has 1 atom stereocenters. The number of benzene rings is 2. The van der Waals surface area contributed by atoms with Gasteiger partial charge in [-0.1, -0.05) is 32.6 Å². The van der Waals surface area contributed by atoms with E-state index in [4.69, 9.17) is 5.10 Å². The van der Waals surface area contributed by atoms with Crippen LogP contribution in [0.15, 0.2) is 63.5 Å². The van der Waals surface area contributed by atoms with E-state index >= 15 is 0 Å². The van der Waals surface area contributed by atoms with Gasteiger partial charge in [-0.15, -0.1) is 5.10 Å².